The highest BCUT2D eigenvalue weighted by Crippen LogP contribution is 2.23. The van der Waals surface area contributed by atoms with Crippen molar-refractivity contribution in [3.63, 3.8) is 0 Å². The topological polar surface area (TPSA) is 86.8 Å². The summed E-state index contributed by atoms with van der Waals surface area (Å²) in [5, 5.41) is 3.42. The third kappa shape index (κ3) is 5.79. The fourth-order valence-electron chi connectivity index (χ4n) is 3.74. The Kier molecular flexibility index (Phi) is 8.22. The van der Waals surface area contributed by atoms with Crippen molar-refractivity contribution >= 4 is 35.2 Å². The third-order valence-corrected chi connectivity index (χ3v) is 5.89. The zero-order valence-corrected chi connectivity index (χ0v) is 19.6. The van der Waals surface area contributed by atoms with Gasteiger partial charge in [0.15, 0.2) is 0 Å². The third-order valence-electron chi connectivity index (χ3n) is 5.63. The van der Waals surface area contributed by atoms with E-state index in [9.17, 15) is 19.2 Å². The van der Waals surface area contributed by atoms with Gasteiger partial charge in [-0.05, 0) is 49.6 Å². The van der Waals surface area contributed by atoms with Crippen LogP contribution in [0, 0.1) is 0 Å². The maximum atomic E-state index is 13.1. The fourth-order valence-corrected chi connectivity index (χ4v) is 3.87. The molecule has 2 aromatic carbocycles. The Bertz CT molecular complexity index is 1000. The summed E-state index contributed by atoms with van der Waals surface area (Å²) >= 11 is 5.96. The lowest BCUT2D eigenvalue weighted by molar-refractivity contribution is -0.140. The van der Waals surface area contributed by atoms with E-state index in [1.165, 1.54) is 9.80 Å². The van der Waals surface area contributed by atoms with E-state index in [1.807, 2.05) is 19.1 Å². The molecule has 0 fully saturated rings. The van der Waals surface area contributed by atoms with Crippen molar-refractivity contribution < 1.29 is 19.2 Å². The molecular weight excluding hydrogens is 442 g/mol. The van der Waals surface area contributed by atoms with Crippen molar-refractivity contribution in [1.82, 2.24) is 15.1 Å². The van der Waals surface area contributed by atoms with Crippen LogP contribution in [0.4, 0.5) is 0 Å². The number of halogens is 1. The van der Waals surface area contributed by atoms with Crippen molar-refractivity contribution in [1.29, 1.82) is 0 Å². The molecule has 0 bridgehead atoms. The highest BCUT2D eigenvalue weighted by molar-refractivity contribution is 6.30. The van der Waals surface area contributed by atoms with Crippen LogP contribution in [0.15, 0.2) is 48.5 Å². The lowest BCUT2D eigenvalue weighted by Gasteiger charge is -2.29. The molecule has 0 radical (unpaired) electrons. The maximum absolute atomic E-state index is 13.1. The van der Waals surface area contributed by atoms with Gasteiger partial charge >= 0.3 is 0 Å². The molecule has 1 aliphatic heterocycles. The molecule has 33 heavy (non-hydrogen) atoms. The minimum atomic E-state index is -0.668. The number of rotatable bonds is 10. The van der Waals surface area contributed by atoms with Gasteiger partial charge in [0, 0.05) is 31.1 Å². The number of nitrogens with one attached hydrogen (secondary N) is 1. The first kappa shape index (κ1) is 24.5. The molecule has 3 rings (SSSR count). The quantitative estimate of drug-likeness (QED) is 0.538. The first-order chi connectivity index (χ1) is 15.8. The van der Waals surface area contributed by atoms with E-state index in [0.29, 0.717) is 29.1 Å². The van der Waals surface area contributed by atoms with E-state index < -0.39 is 6.04 Å². The van der Waals surface area contributed by atoms with Gasteiger partial charge in [-0.3, -0.25) is 24.1 Å². The minimum Gasteiger partial charge on any atom is -0.354 e. The number of carbonyl (C=O) groups is 4. The van der Waals surface area contributed by atoms with E-state index in [-0.39, 0.29) is 43.1 Å². The molecule has 8 heteroatoms. The van der Waals surface area contributed by atoms with Crippen molar-refractivity contribution in [2.45, 2.75) is 45.7 Å². The molecule has 0 saturated carbocycles. The number of fused-ring (bicyclic) bond motifs is 1. The molecule has 0 spiro atoms. The highest BCUT2D eigenvalue weighted by Gasteiger charge is 2.35. The standard InChI is InChI=1S/C25H28ClN3O4/c1-3-14-27-23(31)17(2)29(16-18-10-12-19(26)13-11-18)22(30)9-6-15-28-24(32)20-7-4-5-8-21(20)25(28)33/h4-5,7-8,10-13,17H,3,6,9,14-16H2,1-2H3,(H,27,31). The summed E-state index contributed by atoms with van der Waals surface area (Å²) in [7, 11) is 0. The van der Waals surface area contributed by atoms with E-state index in [4.69, 9.17) is 11.6 Å². The average molecular weight is 470 g/mol. The van der Waals surface area contributed by atoms with Crippen LogP contribution in [0.5, 0.6) is 0 Å². The Labute approximate surface area is 198 Å². The van der Waals surface area contributed by atoms with Crippen LogP contribution >= 0.6 is 11.6 Å². The number of imide groups is 1. The summed E-state index contributed by atoms with van der Waals surface area (Å²) in [5.74, 6) is -1.12. The Morgan fingerprint density at radius 1 is 1.03 bits per heavy atom. The van der Waals surface area contributed by atoms with Crippen molar-refractivity contribution in [2.24, 2.45) is 0 Å². The number of amides is 4. The number of hydrogen-bond acceptors (Lipinski definition) is 4. The van der Waals surface area contributed by atoms with Crippen LogP contribution in [0.3, 0.4) is 0 Å². The molecule has 0 aromatic heterocycles. The summed E-state index contributed by atoms with van der Waals surface area (Å²) in [6.07, 6.45) is 1.21. The first-order valence-corrected chi connectivity index (χ1v) is 11.5. The molecule has 1 N–H and O–H groups in total. The van der Waals surface area contributed by atoms with Gasteiger partial charge in [-0.2, -0.15) is 0 Å². The summed E-state index contributed by atoms with van der Waals surface area (Å²) < 4.78 is 0. The summed E-state index contributed by atoms with van der Waals surface area (Å²) in [6.45, 7) is 4.59. The van der Waals surface area contributed by atoms with Crippen molar-refractivity contribution in [3.05, 3.63) is 70.2 Å². The smallest absolute Gasteiger partial charge is 0.261 e. The van der Waals surface area contributed by atoms with Gasteiger partial charge in [0.25, 0.3) is 11.8 Å². The van der Waals surface area contributed by atoms with Crippen LogP contribution in [-0.2, 0) is 16.1 Å². The second-order valence-electron chi connectivity index (χ2n) is 8.03. The van der Waals surface area contributed by atoms with Gasteiger partial charge < -0.3 is 10.2 Å². The van der Waals surface area contributed by atoms with Crippen molar-refractivity contribution in [2.75, 3.05) is 13.1 Å². The number of hydrogen-bond donors (Lipinski definition) is 1. The lowest BCUT2D eigenvalue weighted by atomic mass is 10.1. The predicted molar refractivity (Wildman–Crippen MR) is 126 cm³/mol. The zero-order chi connectivity index (χ0) is 24.0. The molecule has 4 amide bonds. The maximum Gasteiger partial charge on any atom is 0.261 e. The first-order valence-electron chi connectivity index (χ1n) is 11.1. The van der Waals surface area contributed by atoms with Crippen LogP contribution in [0.25, 0.3) is 0 Å². The predicted octanol–water partition coefficient (Wildman–Crippen LogP) is 3.66. The Morgan fingerprint density at radius 2 is 1.64 bits per heavy atom. The average Bonchev–Trinajstić information content (AvgIpc) is 3.06. The van der Waals surface area contributed by atoms with Crippen LogP contribution in [-0.4, -0.2) is 52.6 Å². The zero-order valence-electron chi connectivity index (χ0n) is 18.8. The normalized spacial score (nSPS) is 13.6. The van der Waals surface area contributed by atoms with E-state index in [0.717, 1.165) is 12.0 Å². The van der Waals surface area contributed by atoms with Gasteiger partial charge in [-0.25, -0.2) is 0 Å². The van der Waals surface area contributed by atoms with Gasteiger partial charge in [-0.15, -0.1) is 0 Å². The number of benzene rings is 2. The van der Waals surface area contributed by atoms with E-state index >= 15 is 0 Å². The molecule has 1 heterocycles. The molecule has 0 aliphatic carbocycles. The van der Waals surface area contributed by atoms with E-state index in [2.05, 4.69) is 5.32 Å². The molecule has 2 aromatic rings. The SMILES string of the molecule is CCCNC(=O)C(C)N(Cc1ccc(Cl)cc1)C(=O)CCCN1C(=O)c2ccccc2C1=O. The molecule has 0 saturated heterocycles. The Balaban J connectivity index is 1.65. The van der Waals surface area contributed by atoms with Gasteiger partial charge in [0.2, 0.25) is 11.8 Å². The molecule has 1 atom stereocenters. The lowest BCUT2D eigenvalue weighted by Crippen LogP contribution is -2.47. The molecule has 1 aliphatic rings. The van der Waals surface area contributed by atoms with E-state index in [1.54, 1.807) is 43.3 Å². The molecule has 174 valence electrons. The van der Waals surface area contributed by atoms with Gasteiger partial charge in [-0.1, -0.05) is 42.8 Å². The summed E-state index contributed by atoms with van der Waals surface area (Å²) in [6, 6.07) is 13.1. The largest absolute Gasteiger partial charge is 0.354 e. The monoisotopic (exact) mass is 469 g/mol. The summed E-state index contributed by atoms with van der Waals surface area (Å²) in [5.41, 5.74) is 1.63. The highest BCUT2D eigenvalue weighted by atomic mass is 35.5. The number of carbonyl (C=O) groups excluding carboxylic acids is 4. The minimum absolute atomic E-state index is 0.104. The molecule has 1 unspecified atom stereocenters. The summed E-state index contributed by atoms with van der Waals surface area (Å²) in [4.78, 5) is 53.4. The van der Waals surface area contributed by atoms with Crippen molar-refractivity contribution in [3.8, 4) is 0 Å². The van der Waals surface area contributed by atoms with Crippen LogP contribution < -0.4 is 5.32 Å². The molecular formula is C25H28ClN3O4. The van der Waals surface area contributed by atoms with Crippen LogP contribution in [0.1, 0.15) is 59.4 Å². The van der Waals surface area contributed by atoms with Gasteiger partial charge in [0.05, 0.1) is 11.1 Å². The Hall–Kier alpha value is -3.19. The number of nitrogens with zero attached hydrogens (tertiary/aromatic N) is 2. The fraction of sp³-hybridized carbons (Fsp3) is 0.360. The molecule has 7 nitrogen and oxygen atoms in total. The van der Waals surface area contributed by atoms with Gasteiger partial charge in [0.1, 0.15) is 6.04 Å². The second kappa shape index (κ2) is 11.1. The van der Waals surface area contributed by atoms with Crippen LogP contribution in [0.2, 0.25) is 5.02 Å². The second-order valence-corrected chi connectivity index (χ2v) is 8.46. The Morgan fingerprint density at radius 3 is 2.21 bits per heavy atom.